The molecule has 2 heterocycles. The van der Waals surface area contributed by atoms with Gasteiger partial charge in [-0.15, -0.1) is 11.8 Å². The number of nitrogens with one attached hydrogen (secondary N) is 2. The summed E-state index contributed by atoms with van der Waals surface area (Å²) in [6.07, 6.45) is 2.60. The maximum atomic E-state index is 14.0. The van der Waals surface area contributed by atoms with Crippen molar-refractivity contribution in [1.29, 1.82) is 0 Å². The van der Waals surface area contributed by atoms with Gasteiger partial charge >= 0.3 is 6.03 Å². The van der Waals surface area contributed by atoms with Crippen molar-refractivity contribution in [2.75, 3.05) is 23.7 Å². The van der Waals surface area contributed by atoms with Gasteiger partial charge in [0.05, 0.1) is 12.6 Å². The van der Waals surface area contributed by atoms with Crippen LogP contribution in [0.25, 0.3) is 0 Å². The molecule has 2 aromatic carbocycles. The Hall–Kier alpha value is -2.54. The number of aryl methyl sites for hydroxylation is 1. The lowest BCUT2D eigenvalue weighted by Gasteiger charge is -2.30. The van der Waals surface area contributed by atoms with Crippen LogP contribution in [-0.4, -0.2) is 30.8 Å². The minimum absolute atomic E-state index is 0.0718. The molecule has 2 aliphatic heterocycles. The van der Waals surface area contributed by atoms with Crippen LogP contribution in [0.5, 0.6) is 0 Å². The van der Waals surface area contributed by atoms with Gasteiger partial charge in [0.15, 0.2) is 0 Å². The van der Waals surface area contributed by atoms with Crippen molar-refractivity contribution in [3.63, 3.8) is 0 Å². The molecule has 2 aliphatic rings. The number of nitrogens with zero attached hydrogens (tertiary/aromatic N) is 1. The number of urea groups is 1. The van der Waals surface area contributed by atoms with Crippen LogP contribution in [0.15, 0.2) is 47.4 Å². The van der Waals surface area contributed by atoms with Crippen molar-refractivity contribution < 1.29 is 14.0 Å². The number of halogens is 1. The number of carbonyl (C=O) groups is 2. The fourth-order valence-electron chi connectivity index (χ4n) is 3.79. The molecule has 2 aromatic rings. The number of benzene rings is 2. The molecule has 0 saturated carbocycles. The molecule has 7 heteroatoms. The topological polar surface area (TPSA) is 61.4 Å². The number of hydrogen-bond acceptors (Lipinski definition) is 3. The van der Waals surface area contributed by atoms with Crippen LogP contribution in [-0.2, 0) is 11.2 Å². The monoisotopic (exact) mass is 399 g/mol. The van der Waals surface area contributed by atoms with Crippen molar-refractivity contribution >= 4 is 29.4 Å². The van der Waals surface area contributed by atoms with E-state index in [9.17, 15) is 14.0 Å². The highest BCUT2D eigenvalue weighted by molar-refractivity contribution is 7.99. The Labute approximate surface area is 167 Å². The number of anilines is 1. The molecule has 2 N–H and O–H groups in total. The summed E-state index contributed by atoms with van der Waals surface area (Å²) in [6.45, 7) is 0.587. The fourth-order valence-corrected chi connectivity index (χ4v) is 4.93. The van der Waals surface area contributed by atoms with Gasteiger partial charge in [-0.2, -0.15) is 0 Å². The van der Waals surface area contributed by atoms with E-state index < -0.39 is 6.03 Å². The molecular weight excluding hydrogens is 377 g/mol. The summed E-state index contributed by atoms with van der Waals surface area (Å²) in [4.78, 5) is 27.3. The van der Waals surface area contributed by atoms with E-state index in [0.717, 1.165) is 41.8 Å². The fraction of sp³-hybridized carbons (Fsp3) is 0.333. The van der Waals surface area contributed by atoms with Gasteiger partial charge in [-0.3, -0.25) is 4.79 Å². The smallest absolute Gasteiger partial charge is 0.315 e. The molecule has 28 heavy (non-hydrogen) atoms. The number of rotatable bonds is 3. The minimum atomic E-state index is -0.411. The lowest BCUT2D eigenvalue weighted by Crippen LogP contribution is -2.46. The van der Waals surface area contributed by atoms with Crippen LogP contribution in [0.4, 0.5) is 14.9 Å². The summed E-state index contributed by atoms with van der Waals surface area (Å²) < 4.78 is 14.0. The first kappa shape index (κ1) is 18.8. The number of thioether (sulfide) groups is 1. The molecule has 0 spiro atoms. The van der Waals surface area contributed by atoms with Crippen LogP contribution >= 0.6 is 11.8 Å². The van der Waals surface area contributed by atoms with Crippen molar-refractivity contribution in [1.82, 2.24) is 10.6 Å². The Bertz CT molecular complexity index is 905. The lowest BCUT2D eigenvalue weighted by molar-refractivity contribution is -0.117. The third kappa shape index (κ3) is 3.85. The van der Waals surface area contributed by atoms with Gasteiger partial charge in [0, 0.05) is 22.9 Å². The summed E-state index contributed by atoms with van der Waals surface area (Å²) in [5, 5.41) is 5.54. The largest absolute Gasteiger partial charge is 0.331 e. The Morgan fingerprint density at radius 1 is 1.18 bits per heavy atom. The normalized spacial score (nSPS) is 18.0. The van der Waals surface area contributed by atoms with Crippen molar-refractivity contribution in [3.05, 3.63) is 59.4 Å². The maximum Gasteiger partial charge on any atom is 0.315 e. The van der Waals surface area contributed by atoms with E-state index in [1.165, 1.54) is 17.8 Å². The average molecular weight is 399 g/mol. The summed E-state index contributed by atoms with van der Waals surface area (Å²) in [5.41, 5.74) is 2.88. The van der Waals surface area contributed by atoms with E-state index in [2.05, 4.69) is 10.6 Å². The molecule has 0 bridgehead atoms. The van der Waals surface area contributed by atoms with Crippen LogP contribution in [0.2, 0.25) is 0 Å². The third-order valence-electron chi connectivity index (χ3n) is 5.14. The second-order valence-corrected chi connectivity index (χ2v) is 8.06. The van der Waals surface area contributed by atoms with Gasteiger partial charge in [0.1, 0.15) is 5.82 Å². The first-order chi connectivity index (χ1) is 13.6. The lowest BCUT2D eigenvalue weighted by atomic mass is 10.0. The average Bonchev–Trinajstić information content (AvgIpc) is 2.72. The number of fused-ring (bicyclic) bond motifs is 2. The highest BCUT2D eigenvalue weighted by atomic mass is 32.2. The van der Waals surface area contributed by atoms with E-state index >= 15 is 0 Å². The van der Waals surface area contributed by atoms with Crippen LogP contribution < -0.4 is 15.5 Å². The van der Waals surface area contributed by atoms with Gasteiger partial charge < -0.3 is 15.5 Å². The van der Waals surface area contributed by atoms with Crippen molar-refractivity contribution in [3.8, 4) is 0 Å². The van der Waals surface area contributed by atoms with E-state index in [-0.39, 0.29) is 24.3 Å². The molecule has 3 amide bonds. The highest BCUT2D eigenvalue weighted by Gasteiger charge is 2.26. The molecule has 146 valence electrons. The summed E-state index contributed by atoms with van der Waals surface area (Å²) in [7, 11) is 0. The minimum Gasteiger partial charge on any atom is -0.331 e. The molecule has 4 rings (SSSR count). The molecule has 0 radical (unpaired) electrons. The maximum absolute atomic E-state index is 14.0. The van der Waals surface area contributed by atoms with E-state index in [4.69, 9.17) is 0 Å². The first-order valence-electron chi connectivity index (χ1n) is 9.47. The Morgan fingerprint density at radius 2 is 2.04 bits per heavy atom. The molecule has 5 nitrogen and oxygen atoms in total. The molecule has 1 atom stereocenters. The molecule has 0 unspecified atom stereocenters. The molecule has 0 fully saturated rings. The predicted octanol–water partition coefficient (Wildman–Crippen LogP) is 3.64. The zero-order valence-electron chi connectivity index (χ0n) is 15.4. The summed E-state index contributed by atoms with van der Waals surface area (Å²) in [5.74, 6) is 0.351. The molecule has 0 aliphatic carbocycles. The van der Waals surface area contributed by atoms with Crippen molar-refractivity contribution in [2.45, 2.75) is 30.2 Å². The third-order valence-corrected chi connectivity index (χ3v) is 6.30. The second kappa shape index (κ2) is 8.22. The number of amides is 3. The zero-order chi connectivity index (χ0) is 19.5. The zero-order valence-corrected chi connectivity index (χ0v) is 16.2. The molecule has 0 saturated heterocycles. The SMILES string of the molecule is O=C(NCC(=O)N1CCCc2ccccc21)N[C@H]1CCSc2c(F)cccc21. The standard InChI is InChI=1S/C21H22FN3O2S/c22-16-8-3-7-15-17(10-12-28-20(15)16)24-21(27)23-13-19(26)25-11-4-6-14-5-1-2-9-18(14)25/h1-3,5,7-9,17H,4,6,10-13H2,(H2,23,24,27)/t17-/m0/s1. The van der Waals surface area contributed by atoms with Gasteiger partial charge in [0.2, 0.25) is 5.91 Å². The van der Waals surface area contributed by atoms with Gasteiger partial charge in [-0.1, -0.05) is 30.3 Å². The summed E-state index contributed by atoms with van der Waals surface area (Å²) >= 11 is 1.47. The Morgan fingerprint density at radius 3 is 2.93 bits per heavy atom. The van der Waals surface area contributed by atoms with Crippen LogP contribution in [0.3, 0.4) is 0 Å². The number of carbonyl (C=O) groups excluding carboxylic acids is 2. The highest BCUT2D eigenvalue weighted by Crippen LogP contribution is 2.37. The predicted molar refractivity (Wildman–Crippen MR) is 108 cm³/mol. The molecular formula is C21H22FN3O2S. The van der Waals surface area contributed by atoms with Crippen LogP contribution in [0, 0.1) is 5.82 Å². The number of hydrogen-bond donors (Lipinski definition) is 2. The number of para-hydroxylation sites is 1. The van der Waals surface area contributed by atoms with Gasteiger partial charge in [-0.05, 0) is 42.5 Å². The van der Waals surface area contributed by atoms with Gasteiger partial charge in [-0.25, -0.2) is 9.18 Å². The summed E-state index contributed by atoms with van der Waals surface area (Å²) in [6, 6.07) is 12.1. The second-order valence-electron chi connectivity index (χ2n) is 6.95. The van der Waals surface area contributed by atoms with Crippen molar-refractivity contribution in [2.24, 2.45) is 0 Å². The van der Waals surface area contributed by atoms with E-state index in [1.54, 1.807) is 11.0 Å². The Balaban J connectivity index is 1.36. The first-order valence-corrected chi connectivity index (χ1v) is 10.5. The van der Waals surface area contributed by atoms with E-state index in [1.807, 2.05) is 30.3 Å². The molecule has 0 aromatic heterocycles. The van der Waals surface area contributed by atoms with Crippen LogP contribution in [0.1, 0.15) is 30.0 Å². The quantitative estimate of drug-likeness (QED) is 0.828. The Kier molecular flexibility index (Phi) is 5.52. The van der Waals surface area contributed by atoms with E-state index in [0.29, 0.717) is 11.4 Å². The van der Waals surface area contributed by atoms with Gasteiger partial charge in [0.25, 0.3) is 0 Å².